The summed E-state index contributed by atoms with van der Waals surface area (Å²) in [6.45, 7) is 8.79. The van der Waals surface area contributed by atoms with Crippen LogP contribution in [-0.2, 0) is 0 Å². The molecule has 0 aliphatic rings. The molecule has 0 saturated carbocycles. The van der Waals surface area contributed by atoms with E-state index >= 15 is 0 Å². The van der Waals surface area contributed by atoms with Gasteiger partial charge in [0.15, 0.2) is 0 Å². The van der Waals surface area contributed by atoms with Crippen molar-refractivity contribution in [3.05, 3.63) is 30.1 Å². The zero-order chi connectivity index (χ0) is 14.7. The third-order valence-corrected chi connectivity index (χ3v) is 3.93. The van der Waals surface area contributed by atoms with Gasteiger partial charge in [-0.3, -0.25) is 4.98 Å². The van der Waals surface area contributed by atoms with E-state index in [4.69, 9.17) is 5.73 Å². The fourth-order valence-electron chi connectivity index (χ4n) is 2.59. The molecular weight excluding hydrogens is 246 g/mol. The van der Waals surface area contributed by atoms with Crippen molar-refractivity contribution in [1.82, 2.24) is 4.98 Å². The molecule has 0 radical (unpaired) electrons. The third-order valence-electron chi connectivity index (χ3n) is 3.93. The average Bonchev–Trinajstić information content (AvgIpc) is 2.41. The number of nitrogens with two attached hydrogens (primary N) is 1. The van der Waals surface area contributed by atoms with Gasteiger partial charge in [0.25, 0.3) is 0 Å². The summed E-state index contributed by atoms with van der Waals surface area (Å²) in [6, 6.07) is 6.58. The molecule has 0 bridgehead atoms. The summed E-state index contributed by atoms with van der Waals surface area (Å²) in [4.78, 5) is 4.34. The van der Waals surface area contributed by atoms with Crippen LogP contribution in [0, 0.1) is 12.8 Å². The van der Waals surface area contributed by atoms with E-state index in [9.17, 15) is 0 Å². The molecule has 108 valence electrons. The van der Waals surface area contributed by atoms with Crippen molar-refractivity contribution in [1.29, 1.82) is 0 Å². The molecule has 2 rings (SSSR count). The van der Waals surface area contributed by atoms with Crippen molar-refractivity contribution in [2.45, 2.75) is 46.6 Å². The van der Waals surface area contributed by atoms with Crippen molar-refractivity contribution < 1.29 is 0 Å². The number of pyridine rings is 1. The Labute approximate surface area is 121 Å². The Bertz CT molecular complexity index is 592. The van der Waals surface area contributed by atoms with Gasteiger partial charge in [-0.05, 0) is 44.4 Å². The quantitative estimate of drug-likeness (QED) is 0.794. The number of rotatable bonds is 5. The van der Waals surface area contributed by atoms with Gasteiger partial charge in [-0.1, -0.05) is 20.3 Å². The topological polar surface area (TPSA) is 50.9 Å². The lowest BCUT2D eigenvalue weighted by atomic mass is 9.99. The predicted octanol–water partition coefficient (Wildman–Crippen LogP) is 4.36. The van der Waals surface area contributed by atoms with Crippen molar-refractivity contribution in [3.63, 3.8) is 0 Å². The first-order valence-electron chi connectivity index (χ1n) is 7.42. The molecule has 1 aromatic carbocycles. The second kappa shape index (κ2) is 6.12. The molecule has 2 atom stereocenters. The van der Waals surface area contributed by atoms with Crippen LogP contribution < -0.4 is 11.1 Å². The molecule has 2 aromatic rings. The largest absolute Gasteiger partial charge is 0.398 e. The van der Waals surface area contributed by atoms with Gasteiger partial charge >= 0.3 is 0 Å². The minimum atomic E-state index is 0.449. The highest BCUT2D eigenvalue weighted by atomic mass is 14.9. The monoisotopic (exact) mass is 271 g/mol. The first-order valence-corrected chi connectivity index (χ1v) is 7.42. The number of nitrogens with one attached hydrogen (secondary N) is 1. The van der Waals surface area contributed by atoms with Gasteiger partial charge in [-0.25, -0.2) is 0 Å². The third kappa shape index (κ3) is 3.21. The molecule has 0 spiro atoms. The summed E-state index contributed by atoms with van der Waals surface area (Å²) in [7, 11) is 0. The van der Waals surface area contributed by atoms with Crippen molar-refractivity contribution in [3.8, 4) is 0 Å². The van der Waals surface area contributed by atoms with Gasteiger partial charge in [0.05, 0.1) is 0 Å². The minimum absolute atomic E-state index is 0.449. The summed E-state index contributed by atoms with van der Waals surface area (Å²) in [5.41, 5.74) is 8.99. The van der Waals surface area contributed by atoms with E-state index in [1.165, 1.54) is 12.8 Å². The highest BCUT2D eigenvalue weighted by molar-refractivity contribution is 6.00. The minimum Gasteiger partial charge on any atom is -0.398 e. The predicted molar refractivity (Wildman–Crippen MR) is 88.0 cm³/mol. The molecule has 2 unspecified atom stereocenters. The van der Waals surface area contributed by atoms with E-state index in [0.717, 1.165) is 33.8 Å². The molecule has 3 N–H and O–H groups in total. The Morgan fingerprint density at radius 3 is 2.70 bits per heavy atom. The molecular formula is C17H25N3. The van der Waals surface area contributed by atoms with Gasteiger partial charge < -0.3 is 11.1 Å². The smallest absolute Gasteiger partial charge is 0.0424 e. The molecule has 3 heteroatoms. The van der Waals surface area contributed by atoms with Gasteiger partial charge in [0.1, 0.15) is 0 Å². The molecule has 0 saturated heterocycles. The van der Waals surface area contributed by atoms with Crippen LogP contribution >= 0.6 is 0 Å². The fraction of sp³-hybridized carbons (Fsp3) is 0.471. The highest BCUT2D eigenvalue weighted by Crippen LogP contribution is 2.29. The van der Waals surface area contributed by atoms with Gasteiger partial charge in [-0.15, -0.1) is 0 Å². The van der Waals surface area contributed by atoms with Crippen LogP contribution in [0.2, 0.25) is 0 Å². The first-order chi connectivity index (χ1) is 9.51. The van der Waals surface area contributed by atoms with Crippen LogP contribution in [0.4, 0.5) is 11.4 Å². The zero-order valence-corrected chi connectivity index (χ0v) is 12.9. The Hall–Kier alpha value is -1.77. The van der Waals surface area contributed by atoms with Crippen molar-refractivity contribution in [2.24, 2.45) is 5.92 Å². The lowest BCUT2D eigenvalue weighted by molar-refractivity contribution is 0.484. The second-order valence-electron chi connectivity index (χ2n) is 5.87. The summed E-state index contributed by atoms with van der Waals surface area (Å²) >= 11 is 0. The number of nitrogens with zero attached hydrogens (tertiary/aromatic N) is 1. The Morgan fingerprint density at radius 2 is 2.00 bits per heavy atom. The average molecular weight is 271 g/mol. The van der Waals surface area contributed by atoms with E-state index in [0.29, 0.717) is 6.04 Å². The number of aromatic nitrogens is 1. The maximum absolute atomic E-state index is 6.04. The molecule has 20 heavy (non-hydrogen) atoms. The summed E-state index contributed by atoms with van der Waals surface area (Å²) < 4.78 is 0. The number of benzene rings is 1. The van der Waals surface area contributed by atoms with Crippen molar-refractivity contribution in [2.75, 3.05) is 11.1 Å². The number of anilines is 2. The molecule has 1 heterocycles. The summed E-state index contributed by atoms with van der Waals surface area (Å²) in [5, 5.41) is 5.81. The number of fused-ring (bicyclic) bond motifs is 1. The van der Waals surface area contributed by atoms with Gasteiger partial charge in [-0.2, -0.15) is 0 Å². The second-order valence-corrected chi connectivity index (χ2v) is 5.87. The van der Waals surface area contributed by atoms with Crippen LogP contribution in [0.3, 0.4) is 0 Å². The molecule has 1 aromatic heterocycles. The highest BCUT2D eigenvalue weighted by Gasteiger charge is 2.10. The van der Waals surface area contributed by atoms with Crippen LogP contribution in [0.1, 0.15) is 39.3 Å². The standard InChI is InChI=1S/C17H25N3/c1-5-11(2)8-13(4)20-17-7-6-16(18)15-10-19-12(3)9-14(15)17/h6-7,9-11,13,20H,5,8,18H2,1-4H3. The number of hydrogen-bond acceptors (Lipinski definition) is 3. The lowest BCUT2D eigenvalue weighted by Crippen LogP contribution is -2.18. The molecule has 0 amide bonds. The van der Waals surface area contributed by atoms with Crippen molar-refractivity contribution >= 4 is 22.1 Å². The normalized spacial score (nSPS) is 14.2. The van der Waals surface area contributed by atoms with E-state index in [1.807, 2.05) is 19.2 Å². The zero-order valence-electron chi connectivity index (χ0n) is 12.9. The number of nitrogen functional groups attached to an aromatic ring is 1. The maximum Gasteiger partial charge on any atom is 0.0424 e. The SMILES string of the molecule is CCC(C)CC(C)Nc1ccc(N)c2cnc(C)cc12. The van der Waals surface area contributed by atoms with E-state index in [-0.39, 0.29) is 0 Å². The Kier molecular flexibility index (Phi) is 4.48. The maximum atomic E-state index is 6.04. The Morgan fingerprint density at radius 1 is 1.25 bits per heavy atom. The first kappa shape index (κ1) is 14.6. The number of hydrogen-bond donors (Lipinski definition) is 2. The van der Waals surface area contributed by atoms with E-state index in [2.05, 4.69) is 43.2 Å². The molecule has 3 nitrogen and oxygen atoms in total. The van der Waals surface area contributed by atoms with Crippen LogP contribution in [-0.4, -0.2) is 11.0 Å². The van der Waals surface area contributed by atoms with Gasteiger partial charge in [0.2, 0.25) is 0 Å². The van der Waals surface area contributed by atoms with Crippen LogP contribution in [0.25, 0.3) is 10.8 Å². The summed E-state index contributed by atoms with van der Waals surface area (Å²) in [6.07, 6.45) is 4.26. The Balaban J connectivity index is 2.30. The van der Waals surface area contributed by atoms with E-state index in [1.54, 1.807) is 0 Å². The molecule has 0 fully saturated rings. The van der Waals surface area contributed by atoms with Gasteiger partial charge in [0, 0.05) is 40.1 Å². The van der Waals surface area contributed by atoms with Crippen LogP contribution in [0.15, 0.2) is 24.4 Å². The lowest BCUT2D eigenvalue weighted by Gasteiger charge is -2.20. The molecule has 0 aliphatic heterocycles. The number of aryl methyl sites for hydroxylation is 1. The fourth-order valence-corrected chi connectivity index (χ4v) is 2.59. The summed E-state index contributed by atoms with van der Waals surface area (Å²) in [5.74, 6) is 0.737. The molecule has 0 aliphatic carbocycles. The van der Waals surface area contributed by atoms with E-state index < -0.39 is 0 Å². The van der Waals surface area contributed by atoms with Crippen LogP contribution in [0.5, 0.6) is 0 Å².